The summed E-state index contributed by atoms with van der Waals surface area (Å²) in [7, 11) is 0. The van der Waals surface area contributed by atoms with Crippen molar-refractivity contribution in [2.45, 2.75) is 26.2 Å². The molecule has 0 spiro atoms. The summed E-state index contributed by atoms with van der Waals surface area (Å²) in [5.41, 5.74) is 4.22. The Bertz CT molecular complexity index is 1090. The molecular weight excluding hydrogens is 416 g/mol. The van der Waals surface area contributed by atoms with E-state index in [1.54, 1.807) is 12.1 Å². The third-order valence-corrected chi connectivity index (χ3v) is 5.39. The number of hydrogen-bond acceptors (Lipinski definition) is 4. The molecule has 0 saturated carbocycles. The molecule has 3 rings (SSSR count). The maximum atomic E-state index is 12.3. The van der Waals surface area contributed by atoms with Crippen LogP contribution < -0.4 is 10.6 Å². The van der Waals surface area contributed by atoms with E-state index in [9.17, 15) is 14.4 Å². The number of carbonyl (C=O) groups excluding carboxylic acids is 3. The molecule has 0 aliphatic carbocycles. The highest BCUT2D eigenvalue weighted by Gasteiger charge is 2.14. The first-order chi connectivity index (χ1) is 16.0. The molecule has 0 radical (unpaired) electrons. The molecule has 0 bridgehead atoms. The van der Waals surface area contributed by atoms with Crippen LogP contribution in [0.3, 0.4) is 0 Å². The fourth-order valence-corrected chi connectivity index (χ4v) is 3.34. The van der Waals surface area contributed by atoms with Crippen LogP contribution in [-0.2, 0) is 14.3 Å². The zero-order valence-corrected chi connectivity index (χ0v) is 18.8. The minimum absolute atomic E-state index is 0.293. The van der Waals surface area contributed by atoms with Gasteiger partial charge in [0.15, 0.2) is 6.61 Å². The van der Waals surface area contributed by atoms with Crippen LogP contribution in [0, 0.1) is 0 Å². The van der Waals surface area contributed by atoms with Crippen molar-refractivity contribution in [2.75, 3.05) is 18.5 Å². The SMILES string of the molecule is CC[C@@H](C)c1ccccc1NC(=O)COC(=O)CNC(=O)c1ccc(-c2ccccc2)cc1. The van der Waals surface area contributed by atoms with E-state index in [1.807, 2.05) is 66.7 Å². The minimum Gasteiger partial charge on any atom is -0.454 e. The number of benzene rings is 3. The van der Waals surface area contributed by atoms with Gasteiger partial charge in [-0.05, 0) is 47.2 Å². The Hall–Kier alpha value is -3.93. The van der Waals surface area contributed by atoms with Crippen molar-refractivity contribution in [1.82, 2.24) is 5.32 Å². The van der Waals surface area contributed by atoms with Crippen LogP contribution in [0.25, 0.3) is 11.1 Å². The van der Waals surface area contributed by atoms with Crippen molar-refractivity contribution >= 4 is 23.5 Å². The van der Waals surface area contributed by atoms with Crippen molar-refractivity contribution in [1.29, 1.82) is 0 Å². The fraction of sp³-hybridized carbons (Fsp3) is 0.222. The molecule has 0 aliphatic rings. The summed E-state index contributed by atoms with van der Waals surface area (Å²) < 4.78 is 5.00. The van der Waals surface area contributed by atoms with Gasteiger partial charge >= 0.3 is 5.97 Å². The molecule has 0 heterocycles. The van der Waals surface area contributed by atoms with E-state index in [2.05, 4.69) is 24.5 Å². The smallest absolute Gasteiger partial charge is 0.325 e. The summed E-state index contributed by atoms with van der Waals surface area (Å²) in [5, 5.41) is 5.30. The van der Waals surface area contributed by atoms with E-state index in [-0.39, 0.29) is 6.54 Å². The molecule has 0 aromatic heterocycles. The van der Waals surface area contributed by atoms with Gasteiger partial charge in [-0.25, -0.2) is 0 Å². The summed E-state index contributed by atoms with van der Waals surface area (Å²) in [5.74, 6) is -1.21. The Balaban J connectivity index is 1.45. The van der Waals surface area contributed by atoms with Gasteiger partial charge in [0.2, 0.25) is 0 Å². The molecule has 33 heavy (non-hydrogen) atoms. The number of carbonyl (C=O) groups is 3. The Morgan fingerprint density at radius 1 is 0.848 bits per heavy atom. The van der Waals surface area contributed by atoms with Gasteiger partial charge in [0, 0.05) is 11.3 Å². The minimum atomic E-state index is -0.686. The molecule has 2 amide bonds. The van der Waals surface area contributed by atoms with Gasteiger partial charge in [-0.3, -0.25) is 14.4 Å². The monoisotopic (exact) mass is 444 g/mol. The van der Waals surface area contributed by atoms with Gasteiger partial charge in [0.25, 0.3) is 11.8 Å². The van der Waals surface area contributed by atoms with Crippen molar-refractivity contribution in [3.05, 3.63) is 90.0 Å². The molecule has 170 valence electrons. The van der Waals surface area contributed by atoms with Crippen molar-refractivity contribution < 1.29 is 19.1 Å². The Morgan fingerprint density at radius 3 is 2.18 bits per heavy atom. The lowest BCUT2D eigenvalue weighted by atomic mass is 9.97. The van der Waals surface area contributed by atoms with Crippen LogP contribution in [0.2, 0.25) is 0 Å². The molecule has 6 heteroatoms. The molecule has 0 saturated heterocycles. The Morgan fingerprint density at radius 2 is 1.48 bits per heavy atom. The molecule has 3 aromatic rings. The second-order valence-corrected chi connectivity index (χ2v) is 7.73. The van der Waals surface area contributed by atoms with E-state index in [0.29, 0.717) is 17.2 Å². The molecule has 2 N–H and O–H groups in total. The van der Waals surface area contributed by atoms with E-state index in [4.69, 9.17) is 4.74 Å². The predicted octanol–water partition coefficient (Wildman–Crippen LogP) is 4.78. The zero-order valence-electron chi connectivity index (χ0n) is 18.8. The second-order valence-electron chi connectivity index (χ2n) is 7.73. The largest absolute Gasteiger partial charge is 0.454 e. The van der Waals surface area contributed by atoms with Gasteiger partial charge < -0.3 is 15.4 Å². The number of anilines is 1. The summed E-state index contributed by atoms with van der Waals surface area (Å²) >= 11 is 0. The molecule has 0 aliphatic heterocycles. The number of amides is 2. The number of nitrogens with one attached hydrogen (secondary N) is 2. The Labute approximate surface area is 194 Å². The molecule has 1 atom stereocenters. The van der Waals surface area contributed by atoms with Crippen molar-refractivity contribution in [3.8, 4) is 11.1 Å². The average Bonchev–Trinajstić information content (AvgIpc) is 2.86. The number of esters is 1. The number of hydrogen-bond donors (Lipinski definition) is 2. The van der Waals surface area contributed by atoms with Crippen molar-refractivity contribution in [3.63, 3.8) is 0 Å². The number of ether oxygens (including phenoxy) is 1. The summed E-state index contributed by atoms with van der Waals surface area (Å²) in [6.45, 7) is 3.42. The van der Waals surface area contributed by atoms with Crippen LogP contribution in [0.4, 0.5) is 5.69 Å². The number of para-hydroxylation sites is 1. The lowest BCUT2D eigenvalue weighted by Crippen LogP contribution is -2.32. The lowest BCUT2D eigenvalue weighted by Gasteiger charge is -2.15. The highest BCUT2D eigenvalue weighted by Crippen LogP contribution is 2.26. The van der Waals surface area contributed by atoms with E-state index >= 15 is 0 Å². The second kappa shape index (κ2) is 11.6. The third-order valence-electron chi connectivity index (χ3n) is 5.39. The third kappa shape index (κ3) is 6.77. The van der Waals surface area contributed by atoms with Crippen LogP contribution in [0.15, 0.2) is 78.9 Å². The van der Waals surface area contributed by atoms with E-state index < -0.39 is 24.4 Å². The quantitative estimate of drug-likeness (QED) is 0.465. The van der Waals surface area contributed by atoms with Gasteiger partial charge in [-0.2, -0.15) is 0 Å². The molecular formula is C27H28N2O4. The first-order valence-corrected chi connectivity index (χ1v) is 11.0. The highest BCUT2D eigenvalue weighted by molar-refractivity contribution is 5.97. The molecule has 0 unspecified atom stereocenters. The molecule has 0 fully saturated rings. The fourth-order valence-electron chi connectivity index (χ4n) is 3.34. The van der Waals surface area contributed by atoms with Crippen LogP contribution in [0.1, 0.15) is 42.1 Å². The molecule has 3 aromatic carbocycles. The summed E-state index contributed by atoms with van der Waals surface area (Å²) in [6, 6.07) is 24.5. The molecule has 6 nitrogen and oxygen atoms in total. The van der Waals surface area contributed by atoms with E-state index in [1.165, 1.54) is 0 Å². The first kappa shape index (κ1) is 23.7. The first-order valence-electron chi connectivity index (χ1n) is 11.0. The van der Waals surface area contributed by atoms with Gasteiger partial charge in [0.1, 0.15) is 6.54 Å². The van der Waals surface area contributed by atoms with Crippen molar-refractivity contribution in [2.24, 2.45) is 0 Å². The van der Waals surface area contributed by atoms with Crippen LogP contribution >= 0.6 is 0 Å². The topological polar surface area (TPSA) is 84.5 Å². The standard InChI is InChI=1S/C27H28N2O4/c1-3-19(2)23-11-7-8-12-24(23)29-25(30)18-33-26(31)17-28-27(32)22-15-13-21(14-16-22)20-9-5-4-6-10-20/h4-16,19H,3,17-18H2,1-2H3,(H,28,32)(H,29,30)/t19-/m1/s1. The average molecular weight is 445 g/mol. The maximum Gasteiger partial charge on any atom is 0.325 e. The Kier molecular flexibility index (Phi) is 8.36. The summed E-state index contributed by atoms with van der Waals surface area (Å²) in [6.07, 6.45) is 0.941. The maximum absolute atomic E-state index is 12.3. The number of rotatable bonds is 9. The normalized spacial score (nSPS) is 11.3. The van der Waals surface area contributed by atoms with Crippen LogP contribution in [-0.4, -0.2) is 30.9 Å². The van der Waals surface area contributed by atoms with Crippen LogP contribution in [0.5, 0.6) is 0 Å². The van der Waals surface area contributed by atoms with Gasteiger partial charge in [-0.1, -0.05) is 74.5 Å². The predicted molar refractivity (Wildman–Crippen MR) is 129 cm³/mol. The van der Waals surface area contributed by atoms with Gasteiger partial charge in [0.05, 0.1) is 0 Å². The zero-order chi connectivity index (χ0) is 23.6. The highest BCUT2D eigenvalue weighted by atomic mass is 16.5. The van der Waals surface area contributed by atoms with E-state index in [0.717, 1.165) is 23.1 Å². The summed E-state index contributed by atoms with van der Waals surface area (Å²) in [4.78, 5) is 36.5. The van der Waals surface area contributed by atoms with Gasteiger partial charge in [-0.15, -0.1) is 0 Å². The lowest BCUT2D eigenvalue weighted by molar-refractivity contribution is -0.146.